The number of pyridine rings is 1. The van der Waals surface area contributed by atoms with Crippen LogP contribution in [0.2, 0.25) is 0 Å². The van der Waals surface area contributed by atoms with Crippen molar-refractivity contribution in [1.29, 1.82) is 0 Å². The Balaban J connectivity index is 2.07. The van der Waals surface area contributed by atoms with E-state index in [1.807, 2.05) is 12.1 Å². The van der Waals surface area contributed by atoms with E-state index in [0.29, 0.717) is 12.0 Å². The molecule has 0 aliphatic rings. The molecule has 0 atom stereocenters. The molecule has 0 saturated heterocycles. The fraction of sp³-hybridized carbons (Fsp3) is 0.188. The van der Waals surface area contributed by atoms with Crippen LogP contribution < -0.4 is 4.74 Å². The molecule has 0 spiro atoms. The minimum absolute atomic E-state index is 0.0135. The molecule has 0 aliphatic heterocycles. The van der Waals surface area contributed by atoms with Crippen molar-refractivity contribution in [3.8, 4) is 17.6 Å². The standard InChI is InChI=1S/C16H14FNO2/c17-15-5-4-13(3-1-2-10-19)11-16(15)20-12-14-6-8-18-9-7-14/h4-9,11,19H,2,10,12H2. The van der Waals surface area contributed by atoms with Crippen molar-refractivity contribution in [1.82, 2.24) is 4.98 Å². The number of aliphatic hydroxyl groups is 1. The van der Waals surface area contributed by atoms with Gasteiger partial charge in [0.05, 0.1) is 6.61 Å². The highest BCUT2D eigenvalue weighted by Gasteiger charge is 2.04. The van der Waals surface area contributed by atoms with Gasteiger partial charge in [-0.25, -0.2) is 4.39 Å². The second-order valence-electron chi connectivity index (χ2n) is 4.06. The van der Waals surface area contributed by atoms with Gasteiger partial charge in [-0.1, -0.05) is 11.8 Å². The Morgan fingerprint density at radius 1 is 1.20 bits per heavy atom. The normalized spacial score (nSPS) is 9.70. The number of hydrogen-bond donors (Lipinski definition) is 1. The molecule has 1 aromatic carbocycles. The van der Waals surface area contributed by atoms with E-state index in [-0.39, 0.29) is 19.0 Å². The fourth-order valence-electron chi connectivity index (χ4n) is 1.55. The molecule has 3 nitrogen and oxygen atoms in total. The van der Waals surface area contributed by atoms with Gasteiger partial charge < -0.3 is 9.84 Å². The Kier molecular flexibility index (Phi) is 5.10. The van der Waals surface area contributed by atoms with E-state index < -0.39 is 5.82 Å². The maximum Gasteiger partial charge on any atom is 0.165 e. The Bertz CT molecular complexity index is 617. The van der Waals surface area contributed by atoms with Gasteiger partial charge in [0.15, 0.2) is 11.6 Å². The first-order valence-corrected chi connectivity index (χ1v) is 6.20. The molecule has 0 saturated carbocycles. The molecule has 1 N–H and O–H groups in total. The summed E-state index contributed by atoms with van der Waals surface area (Å²) in [4.78, 5) is 3.91. The van der Waals surface area contributed by atoms with Gasteiger partial charge in [0.1, 0.15) is 6.61 Å². The predicted octanol–water partition coefficient (Wildman–Crippen LogP) is 2.53. The summed E-state index contributed by atoms with van der Waals surface area (Å²) in [6, 6.07) is 8.08. The fourth-order valence-corrected chi connectivity index (χ4v) is 1.55. The van der Waals surface area contributed by atoms with E-state index in [2.05, 4.69) is 16.8 Å². The number of halogens is 1. The van der Waals surface area contributed by atoms with Crippen molar-refractivity contribution in [2.24, 2.45) is 0 Å². The molecule has 0 amide bonds. The van der Waals surface area contributed by atoms with Gasteiger partial charge in [-0.3, -0.25) is 4.98 Å². The van der Waals surface area contributed by atoms with Crippen LogP contribution in [0.4, 0.5) is 4.39 Å². The summed E-state index contributed by atoms with van der Waals surface area (Å²) >= 11 is 0. The summed E-state index contributed by atoms with van der Waals surface area (Å²) in [6.45, 7) is 0.284. The third-order valence-electron chi connectivity index (χ3n) is 2.54. The highest BCUT2D eigenvalue weighted by molar-refractivity contribution is 5.40. The molecule has 20 heavy (non-hydrogen) atoms. The number of aromatic nitrogens is 1. The molecular weight excluding hydrogens is 257 g/mol. The Hall–Kier alpha value is -2.38. The van der Waals surface area contributed by atoms with E-state index in [0.717, 1.165) is 5.56 Å². The van der Waals surface area contributed by atoms with Crippen molar-refractivity contribution >= 4 is 0 Å². The molecule has 0 radical (unpaired) electrons. The average Bonchev–Trinajstić information content (AvgIpc) is 2.49. The van der Waals surface area contributed by atoms with Crippen LogP contribution in [0, 0.1) is 17.7 Å². The first kappa shape index (κ1) is 14.0. The van der Waals surface area contributed by atoms with Crippen LogP contribution >= 0.6 is 0 Å². The molecule has 0 bridgehead atoms. The molecule has 0 aliphatic carbocycles. The number of ether oxygens (including phenoxy) is 1. The zero-order valence-electron chi connectivity index (χ0n) is 10.8. The van der Waals surface area contributed by atoms with Gasteiger partial charge in [0, 0.05) is 24.4 Å². The summed E-state index contributed by atoms with van der Waals surface area (Å²) in [7, 11) is 0. The summed E-state index contributed by atoms with van der Waals surface area (Å²) < 4.78 is 19.1. The first-order chi connectivity index (χ1) is 9.79. The summed E-state index contributed by atoms with van der Waals surface area (Å²) in [5, 5.41) is 8.66. The van der Waals surface area contributed by atoms with Crippen molar-refractivity contribution in [3.63, 3.8) is 0 Å². The number of aliphatic hydroxyl groups excluding tert-OH is 1. The maximum atomic E-state index is 13.6. The lowest BCUT2D eigenvalue weighted by molar-refractivity contribution is 0.290. The van der Waals surface area contributed by atoms with Gasteiger partial charge in [-0.2, -0.15) is 0 Å². The van der Waals surface area contributed by atoms with E-state index in [1.165, 1.54) is 6.07 Å². The summed E-state index contributed by atoms with van der Waals surface area (Å²) in [5.74, 6) is 5.37. The number of hydrogen-bond acceptors (Lipinski definition) is 3. The van der Waals surface area contributed by atoms with Crippen LogP contribution in [0.25, 0.3) is 0 Å². The molecule has 0 fully saturated rings. The third-order valence-corrected chi connectivity index (χ3v) is 2.54. The van der Waals surface area contributed by atoms with Crippen molar-refractivity contribution in [3.05, 3.63) is 59.7 Å². The second-order valence-corrected chi connectivity index (χ2v) is 4.06. The van der Waals surface area contributed by atoms with E-state index in [1.54, 1.807) is 24.5 Å². The predicted molar refractivity (Wildman–Crippen MR) is 73.5 cm³/mol. The van der Waals surface area contributed by atoms with Crippen LogP contribution in [-0.2, 0) is 6.61 Å². The summed E-state index contributed by atoms with van der Waals surface area (Å²) in [5.41, 5.74) is 1.57. The first-order valence-electron chi connectivity index (χ1n) is 6.20. The lowest BCUT2D eigenvalue weighted by Crippen LogP contribution is -1.98. The highest BCUT2D eigenvalue weighted by atomic mass is 19.1. The van der Waals surface area contributed by atoms with Crippen molar-refractivity contribution < 1.29 is 14.2 Å². The van der Waals surface area contributed by atoms with Gasteiger partial charge in [-0.05, 0) is 35.9 Å². The number of rotatable bonds is 4. The quantitative estimate of drug-likeness (QED) is 0.869. The lowest BCUT2D eigenvalue weighted by Gasteiger charge is -2.07. The van der Waals surface area contributed by atoms with Crippen LogP contribution in [-0.4, -0.2) is 16.7 Å². The topological polar surface area (TPSA) is 42.4 Å². The number of nitrogens with zero attached hydrogens (tertiary/aromatic N) is 1. The van der Waals surface area contributed by atoms with Crippen molar-refractivity contribution in [2.45, 2.75) is 13.0 Å². The van der Waals surface area contributed by atoms with Gasteiger partial charge in [0.25, 0.3) is 0 Å². The van der Waals surface area contributed by atoms with Crippen LogP contribution in [0.3, 0.4) is 0 Å². The molecule has 0 unspecified atom stereocenters. The van der Waals surface area contributed by atoms with Crippen LogP contribution in [0.15, 0.2) is 42.7 Å². The average molecular weight is 271 g/mol. The molecule has 4 heteroatoms. The van der Waals surface area contributed by atoms with E-state index >= 15 is 0 Å². The molecule has 2 aromatic rings. The molecule has 1 aromatic heterocycles. The smallest absolute Gasteiger partial charge is 0.165 e. The van der Waals surface area contributed by atoms with Crippen molar-refractivity contribution in [2.75, 3.05) is 6.61 Å². The van der Waals surface area contributed by atoms with E-state index in [9.17, 15) is 4.39 Å². The Morgan fingerprint density at radius 2 is 2.00 bits per heavy atom. The molecule has 102 valence electrons. The van der Waals surface area contributed by atoms with Gasteiger partial charge in [-0.15, -0.1) is 0 Å². The minimum Gasteiger partial charge on any atom is -0.486 e. The monoisotopic (exact) mass is 271 g/mol. The Morgan fingerprint density at radius 3 is 2.75 bits per heavy atom. The third kappa shape index (κ3) is 4.08. The maximum absolute atomic E-state index is 13.6. The van der Waals surface area contributed by atoms with Crippen LogP contribution in [0.5, 0.6) is 5.75 Å². The number of benzene rings is 1. The second kappa shape index (κ2) is 7.27. The highest BCUT2D eigenvalue weighted by Crippen LogP contribution is 2.19. The van der Waals surface area contributed by atoms with Crippen LogP contribution in [0.1, 0.15) is 17.5 Å². The largest absolute Gasteiger partial charge is 0.486 e. The lowest BCUT2D eigenvalue weighted by atomic mass is 10.2. The molecular formula is C16H14FNO2. The summed E-state index contributed by atoms with van der Waals surface area (Å²) in [6.07, 6.45) is 3.71. The zero-order valence-corrected chi connectivity index (χ0v) is 10.8. The SMILES string of the molecule is OCCC#Cc1ccc(F)c(OCc2ccncc2)c1. The molecule has 2 rings (SSSR count). The zero-order chi connectivity index (χ0) is 14.2. The van der Waals surface area contributed by atoms with Gasteiger partial charge in [0.2, 0.25) is 0 Å². The van der Waals surface area contributed by atoms with E-state index in [4.69, 9.17) is 9.84 Å². The minimum atomic E-state index is -0.424. The Labute approximate surface area is 117 Å². The molecule has 1 heterocycles. The van der Waals surface area contributed by atoms with Gasteiger partial charge >= 0.3 is 0 Å².